The third-order valence-electron chi connectivity index (χ3n) is 2.80. The minimum atomic E-state index is -0.259. The highest BCUT2D eigenvalue weighted by atomic mass is 35.5. The average Bonchev–Trinajstić information content (AvgIpc) is 2.45. The highest BCUT2D eigenvalue weighted by Crippen LogP contribution is 2.31. The quantitative estimate of drug-likeness (QED) is 0.723. The van der Waals surface area contributed by atoms with Gasteiger partial charge in [-0.1, -0.05) is 6.07 Å². The molecule has 0 bridgehead atoms. The van der Waals surface area contributed by atoms with Gasteiger partial charge in [-0.15, -0.1) is 11.6 Å². The lowest BCUT2D eigenvalue weighted by Crippen LogP contribution is -2.34. The number of rotatable bonds is 7. The van der Waals surface area contributed by atoms with Crippen LogP contribution in [-0.2, 0) is 4.74 Å². The molecule has 1 amide bonds. The molecular weight excluding hydrogens is 282 g/mol. The first-order valence-electron chi connectivity index (χ1n) is 6.14. The summed E-state index contributed by atoms with van der Waals surface area (Å²) in [6, 6.07) is 5.18. The third kappa shape index (κ3) is 4.02. The molecule has 1 unspecified atom stereocenters. The van der Waals surface area contributed by atoms with Gasteiger partial charge in [0.2, 0.25) is 0 Å². The lowest BCUT2D eigenvalue weighted by molar-refractivity contribution is 0.0777. The maximum absolute atomic E-state index is 12.4. The van der Waals surface area contributed by atoms with E-state index in [9.17, 15) is 4.79 Å². The number of nitrogens with zero attached hydrogens (tertiary/aromatic N) is 1. The van der Waals surface area contributed by atoms with Crippen LogP contribution in [0.15, 0.2) is 18.2 Å². The Hall–Kier alpha value is -1.46. The standard InChI is InChI=1S/C14H20ClNO4/c1-16(8-10(15)9-18-2)14(17)11-6-5-7-12(19-3)13(11)20-4/h5-7,10H,8-9H2,1-4H3. The summed E-state index contributed by atoms with van der Waals surface area (Å²) in [4.78, 5) is 14.0. The smallest absolute Gasteiger partial charge is 0.257 e. The van der Waals surface area contributed by atoms with E-state index in [1.54, 1.807) is 32.4 Å². The van der Waals surface area contributed by atoms with Gasteiger partial charge in [0, 0.05) is 20.7 Å². The summed E-state index contributed by atoms with van der Waals surface area (Å²) >= 11 is 6.06. The van der Waals surface area contributed by atoms with Crippen LogP contribution in [0, 0.1) is 0 Å². The molecule has 0 aliphatic carbocycles. The van der Waals surface area contributed by atoms with E-state index in [0.717, 1.165) is 0 Å². The van der Waals surface area contributed by atoms with E-state index < -0.39 is 0 Å². The molecule has 5 nitrogen and oxygen atoms in total. The first-order chi connectivity index (χ1) is 9.54. The fourth-order valence-corrected chi connectivity index (χ4v) is 2.21. The van der Waals surface area contributed by atoms with E-state index in [-0.39, 0.29) is 11.3 Å². The SMILES string of the molecule is COCC(Cl)CN(C)C(=O)c1cccc(OC)c1OC. The number of carbonyl (C=O) groups is 1. The summed E-state index contributed by atoms with van der Waals surface area (Å²) in [6.07, 6.45) is 0. The molecule has 0 aliphatic heterocycles. The second-order valence-electron chi connectivity index (χ2n) is 4.28. The zero-order chi connectivity index (χ0) is 15.1. The van der Waals surface area contributed by atoms with Gasteiger partial charge >= 0.3 is 0 Å². The van der Waals surface area contributed by atoms with Crippen molar-refractivity contribution >= 4 is 17.5 Å². The van der Waals surface area contributed by atoms with E-state index in [1.165, 1.54) is 19.1 Å². The van der Waals surface area contributed by atoms with E-state index in [0.29, 0.717) is 30.2 Å². The number of methoxy groups -OCH3 is 3. The van der Waals surface area contributed by atoms with Crippen molar-refractivity contribution < 1.29 is 19.0 Å². The van der Waals surface area contributed by atoms with Crippen molar-refractivity contribution in [2.75, 3.05) is 41.5 Å². The van der Waals surface area contributed by atoms with Crippen LogP contribution < -0.4 is 9.47 Å². The zero-order valence-electron chi connectivity index (χ0n) is 12.2. The largest absolute Gasteiger partial charge is 0.493 e. The van der Waals surface area contributed by atoms with Crippen molar-refractivity contribution in [2.24, 2.45) is 0 Å². The Morgan fingerprint density at radius 1 is 1.30 bits per heavy atom. The lowest BCUT2D eigenvalue weighted by atomic mass is 10.1. The number of halogens is 1. The molecule has 0 fully saturated rings. The minimum absolute atomic E-state index is 0.178. The van der Waals surface area contributed by atoms with Crippen LogP contribution in [0.1, 0.15) is 10.4 Å². The highest BCUT2D eigenvalue weighted by molar-refractivity contribution is 6.21. The first-order valence-corrected chi connectivity index (χ1v) is 6.58. The van der Waals surface area contributed by atoms with Gasteiger partial charge in [0.05, 0.1) is 31.8 Å². The van der Waals surface area contributed by atoms with Gasteiger partial charge in [-0.25, -0.2) is 0 Å². The summed E-state index contributed by atoms with van der Waals surface area (Å²) in [5.74, 6) is 0.762. The molecule has 1 rings (SSSR count). The van der Waals surface area contributed by atoms with E-state index in [2.05, 4.69) is 0 Å². The van der Waals surface area contributed by atoms with Crippen LogP contribution in [0.5, 0.6) is 11.5 Å². The van der Waals surface area contributed by atoms with Gasteiger partial charge in [-0.3, -0.25) is 4.79 Å². The number of carbonyl (C=O) groups excluding carboxylic acids is 1. The fraction of sp³-hybridized carbons (Fsp3) is 0.500. The molecule has 0 spiro atoms. The van der Waals surface area contributed by atoms with Crippen molar-refractivity contribution in [3.8, 4) is 11.5 Å². The average molecular weight is 302 g/mol. The monoisotopic (exact) mass is 301 g/mol. The summed E-state index contributed by atoms with van der Waals surface area (Å²) in [6.45, 7) is 0.767. The van der Waals surface area contributed by atoms with E-state index in [4.69, 9.17) is 25.8 Å². The molecule has 1 atom stereocenters. The Bertz CT molecular complexity index is 453. The minimum Gasteiger partial charge on any atom is -0.493 e. The van der Waals surface area contributed by atoms with Gasteiger partial charge in [0.25, 0.3) is 5.91 Å². The number of ether oxygens (including phenoxy) is 3. The molecule has 0 saturated carbocycles. The van der Waals surface area contributed by atoms with Crippen molar-refractivity contribution in [2.45, 2.75) is 5.38 Å². The number of amides is 1. The summed E-state index contributed by atoms with van der Waals surface area (Å²) in [7, 11) is 6.29. The number of alkyl halides is 1. The normalized spacial score (nSPS) is 11.8. The molecule has 20 heavy (non-hydrogen) atoms. The molecule has 6 heteroatoms. The second kappa shape index (κ2) is 7.97. The van der Waals surface area contributed by atoms with Crippen molar-refractivity contribution in [3.05, 3.63) is 23.8 Å². The Balaban J connectivity index is 2.91. The lowest BCUT2D eigenvalue weighted by Gasteiger charge is -2.21. The van der Waals surface area contributed by atoms with E-state index >= 15 is 0 Å². The molecule has 0 N–H and O–H groups in total. The van der Waals surface area contributed by atoms with Crippen LogP contribution in [0.25, 0.3) is 0 Å². The predicted molar refractivity (Wildman–Crippen MR) is 78.0 cm³/mol. The molecule has 112 valence electrons. The molecule has 0 saturated heterocycles. The molecular formula is C14H20ClNO4. The van der Waals surface area contributed by atoms with Crippen molar-refractivity contribution in [1.29, 1.82) is 0 Å². The van der Waals surface area contributed by atoms with Crippen LogP contribution in [0.3, 0.4) is 0 Å². The Morgan fingerprint density at radius 2 is 2.00 bits per heavy atom. The summed E-state index contributed by atoms with van der Waals surface area (Å²) < 4.78 is 15.4. The van der Waals surface area contributed by atoms with Crippen LogP contribution in [0.2, 0.25) is 0 Å². The highest BCUT2D eigenvalue weighted by Gasteiger charge is 2.21. The van der Waals surface area contributed by atoms with Crippen LogP contribution in [0.4, 0.5) is 0 Å². The molecule has 0 radical (unpaired) electrons. The van der Waals surface area contributed by atoms with Gasteiger partial charge in [0.1, 0.15) is 0 Å². The maximum Gasteiger partial charge on any atom is 0.257 e. The number of benzene rings is 1. The summed E-state index contributed by atoms with van der Waals surface area (Å²) in [5, 5.41) is -0.259. The third-order valence-corrected chi connectivity index (χ3v) is 3.06. The maximum atomic E-state index is 12.4. The summed E-state index contributed by atoms with van der Waals surface area (Å²) in [5.41, 5.74) is 0.440. The molecule has 1 aromatic rings. The number of hydrogen-bond acceptors (Lipinski definition) is 4. The topological polar surface area (TPSA) is 48.0 Å². The van der Waals surface area contributed by atoms with Gasteiger partial charge < -0.3 is 19.1 Å². The molecule has 0 aromatic heterocycles. The Labute approximate surface area is 124 Å². The van der Waals surface area contributed by atoms with Gasteiger partial charge in [-0.2, -0.15) is 0 Å². The molecule has 1 aromatic carbocycles. The zero-order valence-corrected chi connectivity index (χ0v) is 12.9. The molecule has 0 aliphatic rings. The second-order valence-corrected chi connectivity index (χ2v) is 4.90. The Morgan fingerprint density at radius 3 is 2.55 bits per heavy atom. The predicted octanol–water partition coefficient (Wildman–Crippen LogP) is 2.03. The number of para-hydroxylation sites is 1. The van der Waals surface area contributed by atoms with E-state index in [1.807, 2.05) is 0 Å². The molecule has 0 heterocycles. The number of hydrogen-bond donors (Lipinski definition) is 0. The van der Waals surface area contributed by atoms with Crippen LogP contribution in [-0.4, -0.2) is 57.7 Å². The van der Waals surface area contributed by atoms with Crippen molar-refractivity contribution in [3.63, 3.8) is 0 Å². The van der Waals surface area contributed by atoms with Gasteiger partial charge in [-0.05, 0) is 12.1 Å². The fourth-order valence-electron chi connectivity index (χ4n) is 1.87. The van der Waals surface area contributed by atoms with Crippen LogP contribution >= 0.6 is 11.6 Å². The Kier molecular flexibility index (Phi) is 6.61. The first kappa shape index (κ1) is 16.6. The van der Waals surface area contributed by atoms with Gasteiger partial charge in [0.15, 0.2) is 11.5 Å². The van der Waals surface area contributed by atoms with Crippen molar-refractivity contribution in [1.82, 2.24) is 4.90 Å².